The molecule has 1 N–H and O–H groups in total. The summed E-state index contributed by atoms with van der Waals surface area (Å²) in [5.74, 6) is 0. The monoisotopic (exact) mass is 222 g/mol. The molecule has 1 aliphatic carbocycles. The molecule has 1 nitrogen and oxygen atoms in total. The van der Waals surface area contributed by atoms with Gasteiger partial charge in [-0.1, -0.05) is 11.6 Å². The van der Waals surface area contributed by atoms with Crippen LogP contribution in [-0.2, 0) is 6.42 Å². The van der Waals surface area contributed by atoms with Gasteiger partial charge in [-0.15, -0.1) is 0 Å². The first-order valence-electron chi connectivity index (χ1n) is 5.71. The van der Waals surface area contributed by atoms with Crippen LogP contribution in [0, 0.1) is 0 Å². The second kappa shape index (κ2) is 5.47. The van der Waals surface area contributed by atoms with Crippen LogP contribution in [0.4, 0.5) is 0 Å². The smallest absolute Gasteiger partial charge is 0.0617 e. The zero-order valence-electron chi connectivity index (χ0n) is 8.98. The summed E-state index contributed by atoms with van der Waals surface area (Å²) in [4.78, 5) is 0. The fourth-order valence-electron chi connectivity index (χ4n) is 2.15. The van der Waals surface area contributed by atoms with Crippen LogP contribution in [0.5, 0.6) is 0 Å². The first kappa shape index (κ1) is 10.9. The molecule has 82 valence electrons. The number of rotatable bonds is 4. The van der Waals surface area contributed by atoms with Crippen molar-refractivity contribution in [1.82, 2.24) is 0 Å². The molecule has 0 saturated heterocycles. The average molecular weight is 222 g/mol. The maximum Gasteiger partial charge on any atom is 0.0617 e. The van der Waals surface area contributed by atoms with Crippen LogP contribution in [-0.4, -0.2) is 11.2 Å². The summed E-state index contributed by atoms with van der Waals surface area (Å²) < 4.78 is 0. The highest BCUT2D eigenvalue weighted by Crippen LogP contribution is 2.22. The Labute approximate surface area is 95.5 Å². The van der Waals surface area contributed by atoms with Gasteiger partial charge in [0, 0.05) is 0 Å². The summed E-state index contributed by atoms with van der Waals surface area (Å²) >= 11 is 1.70. The lowest BCUT2D eigenvalue weighted by Crippen LogP contribution is -2.11. The van der Waals surface area contributed by atoms with Gasteiger partial charge in [-0.25, -0.2) is 0 Å². The molecule has 2 heteroatoms. The van der Waals surface area contributed by atoms with E-state index in [9.17, 15) is 5.11 Å². The molecule has 0 radical (unpaired) electrons. The maximum atomic E-state index is 9.94. The third-order valence-electron chi connectivity index (χ3n) is 2.93. The quantitative estimate of drug-likeness (QED) is 0.773. The summed E-state index contributed by atoms with van der Waals surface area (Å²) in [5, 5.41) is 14.1. The molecular weight excluding hydrogens is 204 g/mol. The normalized spacial score (nSPS) is 18.6. The van der Waals surface area contributed by atoms with Crippen molar-refractivity contribution in [3.05, 3.63) is 34.0 Å². The molecule has 1 aromatic heterocycles. The molecule has 2 rings (SSSR count). The molecular formula is C13H18OS. The number of hydrogen-bond donors (Lipinski definition) is 1. The molecule has 1 aromatic rings. The van der Waals surface area contributed by atoms with E-state index in [0.717, 1.165) is 12.8 Å². The van der Waals surface area contributed by atoms with E-state index >= 15 is 0 Å². The number of hydrogen-bond acceptors (Lipinski definition) is 2. The number of aliphatic hydroxyl groups excluding tert-OH is 1. The van der Waals surface area contributed by atoms with Gasteiger partial charge in [-0.3, -0.25) is 0 Å². The molecule has 0 aromatic carbocycles. The fraction of sp³-hybridized carbons (Fsp3) is 0.538. The topological polar surface area (TPSA) is 20.2 Å². The highest BCUT2D eigenvalue weighted by molar-refractivity contribution is 7.07. The predicted octanol–water partition coefficient (Wildman–Crippen LogP) is 3.54. The van der Waals surface area contributed by atoms with Crippen LogP contribution in [0.2, 0.25) is 0 Å². The summed E-state index contributed by atoms with van der Waals surface area (Å²) in [7, 11) is 0. The fourth-order valence-corrected chi connectivity index (χ4v) is 2.83. The van der Waals surface area contributed by atoms with E-state index in [4.69, 9.17) is 0 Å². The van der Waals surface area contributed by atoms with Gasteiger partial charge in [-0.05, 0) is 60.9 Å². The first-order chi connectivity index (χ1) is 7.34. The second-order valence-electron chi connectivity index (χ2n) is 4.30. The Morgan fingerprint density at radius 2 is 2.27 bits per heavy atom. The van der Waals surface area contributed by atoms with Crippen LogP contribution >= 0.6 is 11.3 Å². The molecule has 1 unspecified atom stereocenters. The Bertz CT molecular complexity index is 313. The highest BCUT2D eigenvalue weighted by atomic mass is 32.1. The summed E-state index contributed by atoms with van der Waals surface area (Å²) in [6.07, 6.45) is 8.84. The Morgan fingerprint density at radius 1 is 1.33 bits per heavy atom. The van der Waals surface area contributed by atoms with Gasteiger partial charge >= 0.3 is 0 Å². The summed E-state index contributed by atoms with van der Waals surface area (Å²) in [6, 6.07) is 2.10. The minimum atomic E-state index is -0.191. The molecule has 0 fully saturated rings. The third kappa shape index (κ3) is 3.47. The van der Waals surface area contributed by atoms with E-state index in [-0.39, 0.29) is 6.10 Å². The van der Waals surface area contributed by atoms with Crippen LogP contribution in [0.25, 0.3) is 0 Å². The van der Waals surface area contributed by atoms with E-state index in [1.807, 2.05) is 0 Å². The molecule has 0 amide bonds. The SMILES string of the molecule is OC(CC1=CCCCC1)Cc1ccsc1. The minimum Gasteiger partial charge on any atom is -0.392 e. The van der Waals surface area contributed by atoms with Crippen molar-refractivity contribution in [1.29, 1.82) is 0 Å². The zero-order valence-corrected chi connectivity index (χ0v) is 9.80. The van der Waals surface area contributed by atoms with Crippen molar-refractivity contribution in [2.24, 2.45) is 0 Å². The lowest BCUT2D eigenvalue weighted by molar-refractivity contribution is 0.173. The molecule has 0 saturated carbocycles. The van der Waals surface area contributed by atoms with E-state index < -0.39 is 0 Å². The van der Waals surface area contributed by atoms with E-state index in [1.54, 1.807) is 11.3 Å². The minimum absolute atomic E-state index is 0.191. The van der Waals surface area contributed by atoms with Crippen LogP contribution in [0.1, 0.15) is 37.7 Å². The van der Waals surface area contributed by atoms with Gasteiger partial charge in [0.2, 0.25) is 0 Å². The molecule has 0 aliphatic heterocycles. The Morgan fingerprint density at radius 3 is 2.93 bits per heavy atom. The van der Waals surface area contributed by atoms with Gasteiger partial charge in [0.05, 0.1) is 6.10 Å². The van der Waals surface area contributed by atoms with Crippen LogP contribution < -0.4 is 0 Å². The van der Waals surface area contributed by atoms with E-state index in [0.29, 0.717) is 0 Å². The molecule has 1 atom stereocenters. The van der Waals surface area contributed by atoms with Gasteiger partial charge in [0.15, 0.2) is 0 Å². The summed E-state index contributed by atoms with van der Waals surface area (Å²) in [6.45, 7) is 0. The van der Waals surface area contributed by atoms with Crippen molar-refractivity contribution in [2.45, 2.75) is 44.6 Å². The highest BCUT2D eigenvalue weighted by Gasteiger charge is 2.10. The van der Waals surface area contributed by atoms with Crippen molar-refractivity contribution < 1.29 is 5.11 Å². The number of thiophene rings is 1. The van der Waals surface area contributed by atoms with Gasteiger partial charge in [0.25, 0.3) is 0 Å². The maximum absolute atomic E-state index is 9.94. The van der Waals surface area contributed by atoms with Gasteiger partial charge in [-0.2, -0.15) is 11.3 Å². The van der Waals surface area contributed by atoms with Gasteiger partial charge < -0.3 is 5.11 Å². The van der Waals surface area contributed by atoms with Crippen LogP contribution in [0.3, 0.4) is 0 Å². The van der Waals surface area contributed by atoms with Crippen molar-refractivity contribution in [3.63, 3.8) is 0 Å². The standard InChI is InChI=1S/C13H18OS/c14-13(9-12-6-7-15-10-12)8-11-4-2-1-3-5-11/h4,6-7,10,13-14H,1-3,5,8-9H2. The first-order valence-corrected chi connectivity index (χ1v) is 6.66. The lowest BCUT2D eigenvalue weighted by atomic mass is 9.93. The third-order valence-corrected chi connectivity index (χ3v) is 3.67. The summed E-state index contributed by atoms with van der Waals surface area (Å²) in [5.41, 5.74) is 2.73. The lowest BCUT2D eigenvalue weighted by Gasteiger charge is -2.16. The number of aliphatic hydroxyl groups is 1. The Hall–Kier alpha value is -0.600. The zero-order chi connectivity index (χ0) is 10.5. The largest absolute Gasteiger partial charge is 0.392 e. The Balaban J connectivity index is 1.81. The number of allylic oxidation sites excluding steroid dienone is 1. The van der Waals surface area contributed by atoms with E-state index in [1.165, 1.54) is 36.8 Å². The second-order valence-corrected chi connectivity index (χ2v) is 5.08. The molecule has 15 heavy (non-hydrogen) atoms. The van der Waals surface area contributed by atoms with Crippen molar-refractivity contribution in [3.8, 4) is 0 Å². The Kier molecular flexibility index (Phi) is 3.98. The molecule has 0 spiro atoms. The van der Waals surface area contributed by atoms with E-state index in [2.05, 4.69) is 22.9 Å². The molecule has 0 bridgehead atoms. The predicted molar refractivity (Wildman–Crippen MR) is 65.2 cm³/mol. The molecule has 1 aliphatic rings. The van der Waals surface area contributed by atoms with Crippen LogP contribution in [0.15, 0.2) is 28.5 Å². The van der Waals surface area contributed by atoms with Crippen molar-refractivity contribution in [2.75, 3.05) is 0 Å². The average Bonchev–Trinajstić information content (AvgIpc) is 2.71. The van der Waals surface area contributed by atoms with Gasteiger partial charge in [0.1, 0.15) is 0 Å². The van der Waals surface area contributed by atoms with Crippen molar-refractivity contribution >= 4 is 11.3 Å². The molecule has 1 heterocycles.